The molecule has 0 bridgehead atoms. The maximum Gasteiger partial charge on any atom is 0.0912 e. The van der Waals surface area contributed by atoms with Crippen molar-refractivity contribution in [2.24, 2.45) is 5.92 Å². The summed E-state index contributed by atoms with van der Waals surface area (Å²) in [6.45, 7) is 6.75. The van der Waals surface area contributed by atoms with Crippen molar-refractivity contribution in [2.75, 3.05) is 6.61 Å². The van der Waals surface area contributed by atoms with E-state index < -0.39 is 0 Å². The van der Waals surface area contributed by atoms with E-state index in [4.69, 9.17) is 4.74 Å². The minimum atomic E-state index is -0.310. The Kier molecular flexibility index (Phi) is 3.13. The molecule has 2 nitrogen and oxygen atoms in total. The lowest BCUT2D eigenvalue weighted by molar-refractivity contribution is -0.118. The highest BCUT2D eigenvalue weighted by molar-refractivity contribution is 4.93. The van der Waals surface area contributed by atoms with Crippen molar-refractivity contribution >= 4 is 0 Å². The van der Waals surface area contributed by atoms with Crippen LogP contribution in [0.3, 0.4) is 0 Å². The first-order valence-corrected chi connectivity index (χ1v) is 4.96. The Morgan fingerprint density at radius 3 is 2.42 bits per heavy atom. The van der Waals surface area contributed by atoms with Crippen molar-refractivity contribution in [3.63, 3.8) is 0 Å². The summed E-state index contributed by atoms with van der Waals surface area (Å²) in [5.74, 6) is 0.501. The molecular weight excluding hydrogens is 152 g/mol. The largest absolute Gasteiger partial charge is 0.390 e. The van der Waals surface area contributed by atoms with E-state index in [9.17, 15) is 5.11 Å². The van der Waals surface area contributed by atoms with Gasteiger partial charge in [0, 0.05) is 6.61 Å². The van der Waals surface area contributed by atoms with Gasteiger partial charge >= 0.3 is 0 Å². The van der Waals surface area contributed by atoms with Crippen LogP contribution >= 0.6 is 0 Å². The highest BCUT2D eigenvalue weighted by Crippen LogP contribution is 2.39. The molecule has 1 N–H and O–H groups in total. The molecule has 1 rings (SSSR count). The molecule has 12 heavy (non-hydrogen) atoms. The maximum atomic E-state index is 9.91. The van der Waals surface area contributed by atoms with Gasteiger partial charge in [-0.1, -0.05) is 6.92 Å². The Morgan fingerprint density at radius 2 is 2.08 bits per heavy atom. The number of hydrogen-bond acceptors (Lipinski definition) is 2. The van der Waals surface area contributed by atoms with Crippen LogP contribution in [0.25, 0.3) is 0 Å². The van der Waals surface area contributed by atoms with Crippen LogP contribution < -0.4 is 0 Å². The summed E-state index contributed by atoms with van der Waals surface area (Å²) in [6, 6.07) is 0. The summed E-state index contributed by atoms with van der Waals surface area (Å²) >= 11 is 0. The van der Waals surface area contributed by atoms with Gasteiger partial charge in [0.15, 0.2) is 0 Å². The van der Waals surface area contributed by atoms with Gasteiger partial charge in [0.25, 0.3) is 0 Å². The van der Waals surface area contributed by atoms with Crippen LogP contribution in [0.5, 0.6) is 0 Å². The average Bonchev–Trinajstić information content (AvgIpc) is 2.86. The van der Waals surface area contributed by atoms with Gasteiger partial charge in [0.1, 0.15) is 0 Å². The monoisotopic (exact) mass is 172 g/mol. The van der Waals surface area contributed by atoms with Gasteiger partial charge in [-0.25, -0.2) is 0 Å². The molecule has 1 aliphatic carbocycles. The third-order valence-corrected chi connectivity index (χ3v) is 2.87. The summed E-state index contributed by atoms with van der Waals surface area (Å²) < 4.78 is 5.59. The molecule has 1 aliphatic rings. The van der Waals surface area contributed by atoms with E-state index in [2.05, 4.69) is 6.92 Å². The molecule has 2 atom stereocenters. The van der Waals surface area contributed by atoms with Crippen LogP contribution in [0, 0.1) is 5.92 Å². The number of rotatable bonds is 5. The second kappa shape index (κ2) is 3.75. The van der Waals surface area contributed by atoms with Gasteiger partial charge in [0.05, 0.1) is 11.7 Å². The van der Waals surface area contributed by atoms with Crippen LogP contribution in [0.2, 0.25) is 0 Å². The molecule has 0 aromatic heterocycles. The fourth-order valence-corrected chi connectivity index (χ4v) is 1.64. The summed E-state index contributed by atoms with van der Waals surface area (Å²) in [6.07, 6.45) is 2.97. The molecule has 0 aromatic carbocycles. The van der Waals surface area contributed by atoms with Gasteiger partial charge in [-0.2, -0.15) is 0 Å². The smallest absolute Gasteiger partial charge is 0.0912 e. The molecular formula is C10H20O2. The Hall–Kier alpha value is -0.0800. The number of aliphatic hydroxyl groups is 1. The molecule has 0 spiro atoms. The SMILES string of the molecule is CCOC(C)(CC)C(O)C1CC1. The molecule has 0 heterocycles. The Balaban J connectivity index is 2.50. The number of ether oxygens (including phenoxy) is 1. The molecule has 0 amide bonds. The molecule has 72 valence electrons. The standard InChI is InChI=1S/C10H20O2/c1-4-10(3,12-5-2)9(11)8-6-7-8/h8-9,11H,4-7H2,1-3H3. The Labute approximate surface area is 74.9 Å². The van der Waals surface area contributed by atoms with Crippen molar-refractivity contribution in [2.45, 2.75) is 51.7 Å². The third-order valence-electron chi connectivity index (χ3n) is 2.87. The summed E-state index contributed by atoms with van der Waals surface area (Å²) in [7, 11) is 0. The lowest BCUT2D eigenvalue weighted by Gasteiger charge is -2.33. The lowest BCUT2D eigenvalue weighted by atomic mass is 9.92. The highest BCUT2D eigenvalue weighted by Gasteiger charge is 2.42. The fourth-order valence-electron chi connectivity index (χ4n) is 1.64. The van der Waals surface area contributed by atoms with Crippen LogP contribution in [0.15, 0.2) is 0 Å². The van der Waals surface area contributed by atoms with E-state index in [1.807, 2.05) is 13.8 Å². The molecule has 2 unspecified atom stereocenters. The van der Waals surface area contributed by atoms with Crippen LogP contribution in [0.4, 0.5) is 0 Å². The lowest BCUT2D eigenvalue weighted by Crippen LogP contribution is -2.42. The van der Waals surface area contributed by atoms with Crippen molar-refractivity contribution in [3.8, 4) is 0 Å². The molecule has 0 aromatic rings. The van der Waals surface area contributed by atoms with E-state index in [0.717, 1.165) is 6.42 Å². The maximum absolute atomic E-state index is 9.91. The van der Waals surface area contributed by atoms with Gasteiger partial charge in [-0.05, 0) is 39.0 Å². The van der Waals surface area contributed by atoms with E-state index in [1.165, 1.54) is 12.8 Å². The molecule has 1 fully saturated rings. The fraction of sp³-hybridized carbons (Fsp3) is 1.00. The Morgan fingerprint density at radius 1 is 1.50 bits per heavy atom. The first kappa shape index (κ1) is 10.0. The zero-order chi connectivity index (χ0) is 9.19. The van der Waals surface area contributed by atoms with E-state index in [-0.39, 0.29) is 11.7 Å². The first-order valence-electron chi connectivity index (χ1n) is 4.96. The topological polar surface area (TPSA) is 29.5 Å². The molecule has 0 saturated heterocycles. The van der Waals surface area contributed by atoms with E-state index in [0.29, 0.717) is 12.5 Å². The average molecular weight is 172 g/mol. The van der Waals surface area contributed by atoms with Gasteiger partial charge in [0.2, 0.25) is 0 Å². The zero-order valence-electron chi connectivity index (χ0n) is 8.34. The minimum absolute atomic E-state index is 0.262. The molecule has 0 aliphatic heterocycles. The van der Waals surface area contributed by atoms with Crippen LogP contribution in [-0.2, 0) is 4.74 Å². The summed E-state index contributed by atoms with van der Waals surface area (Å²) in [5.41, 5.74) is -0.310. The summed E-state index contributed by atoms with van der Waals surface area (Å²) in [4.78, 5) is 0. The first-order chi connectivity index (χ1) is 5.64. The Bertz CT molecular complexity index is 143. The highest BCUT2D eigenvalue weighted by atomic mass is 16.5. The van der Waals surface area contributed by atoms with E-state index in [1.54, 1.807) is 0 Å². The summed E-state index contributed by atoms with van der Waals surface area (Å²) in [5, 5.41) is 9.91. The molecule has 1 saturated carbocycles. The number of aliphatic hydroxyl groups excluding tert-OH is 1. The third kappa shape index (κ3) is 1.99. The van der Waals surface area contributed by atoms with E-state index >= 15 is 0 Å². The second-order valence-electron chi connectivity index (χ2n) is 3.88. The van der Waals surface area contributed by atoms with Crippen molar-refractivity contribution in [3.05, 3.63) is 0 Å². The number of hydrogen-bond donors (Lipinski definition) is 1. The molecule has 2 heteroatoms. The van der Waals surface area contributed by atoms with Gasteiger partial charge in [-0.15, -0.1) is 0 Å². The van der Waals surface area contributed by atoms with Crippen LogP contribution in [-0.4, -0.2) is 23.4 Å². The normalized spacial score (nSPS) is 25.0. The van der Waals surface area contributed by atoms with Crippen molar-refractivity contribution in [1.29, 1.82) is 0 Å². The minimum Gasteiger partial charge on any atom is -0.390 e. The quantitative estimate of drug-likeness (QED) is 0.687. The predicted molar refractivity (Wildman–Crippen MR) is 49.1 cm³/mol. The zero-order valence-corrected chi connectivity index (χ0v) is 8.34. The van der Waals surface area contributed by atoms with Crippen LogP contribution in [0.1, 0.15) is 40.0 Å². The van der Waals surface area contributed by atoms with Gasteiger partial charge < -0.3 is 9.84 Å². The van der Waals surface area contributed by atoms with Crippen molar-refractivity contribution < 1.29 is 9.84 Å². The second-order valence-corrected chi connectivity index (χ2v) is 3.88. The predicted octanol–water partition coefficient (Wildman–Crippen LogP) is 1.96. The molecule has 0 radical (unpaired) electrons. The van der Waals surface area contributed by atoms with Gasteiger partial charge in [-0.3, -0.25) is 0 Å². The van der Waals surface area contributed by atoms with Crippen molar-refractivity contribution in [1.82, 2.24) is 0 Å².